The molecule has 0 amide bonds. The third-order valence-electron chi connectivity index (χ3n) is 4.55. The predicted octanol–water partition coefficient (Wildman–Crippen LogP) is 2.80. The van der Waals surface area contributed by atoms with Crippen LogP contribution in [0.1, 0.15) is 17.5 Å². The number of halogens is 1. The van der Waals surface area contributed by atoms with Gasteiger partial charge >= 0.3 is 0 Å². The first-order valence-electron chi connectivity index (χ1n) is 7.15. The summed E-state index contributed by atoms with van der Waals surface area (Å²) < 4.78 is 13.6. The minimum absolute atomic E-state index is 0.255. The van der Waals surface area contributed by atoms with E-state index in [2.05, 4.69) is 23.2 Å². The van der Waals surface area contributed by atoms with Crippen LogP contribution in [0.5, 0.6) is 0 Å². The highest BCUT2D eigenvalue weighted by atomic mass is 19.1. The summed E-state index contributed by atoms with van der Waals surface area (Å²) in [7, 11) is 0. The molecule has 1 aliphatic carbocycles. The molecule has 21 heavy (non-hydrogen) atoms. The highest BCUT2D eigenvalue weighted by Gasteiger charge is 2.48. The van der Waals surface area contributed by atoms with Gasteiger partial charge in [0.05, 0.1) is 12.1 Å². The summed E-state index contributed by atoms with van der Waals surface area (Å²) in [5, 5.41) is 0. The molecule has 1 spiro atoms. The summed E-state index contributed by atoms with van der Waals surface area (Å²) >= 11 is 0. The maximum atomic E-state index is 13.6. The standard InChI is InChI=1S/C17H16FN3/c18-13-5-3-6-14(10-13)21-16(19)20-11-17(21)9-8-12-4-1-2-7-15(12)17/h1-7,10H,8-9,11H2,(H2,19,20). The molecule has 1 heterocycles. The molecule has 0 aromatic heterocycles. The van der Waals surface area contributed by atoms with Gasteiger partial charge in [-0.1, -0.05) is 30.3 Å². The second kappa shape index (κ2) is 4.32. The molecule has 1 aliphatic heterocycles. The number of rotatable bonds is 1. The summed E-state index contributed by atoms with van der Waals surface area (Å²) in [5.74, 6) is 0.214. The van der Waals surface area contributed by atoms with Gasteiger partial charge in [-0.25, -0.2) is 4.39 Å². The van der Waals surface area contributed by atoms with Gasteiger partial charge in [0.2, 0.25) is 0 Å². The molecule has 4 heteroatoms. The van der Waals surface area contributed by atoms with E-state index in [1.807, 2.05) is 17.0 Å². The van der Waals surface area contributed by atoms with E-state index in [9.17, 15) is 4.39 Å². The number of nitrogens with two attached hydrogens (primary N) is 1. The molecule has 1 unspecified atom stereocenters. The molecule has 3 nitrogen and oxygen atoms in total. The van der Waals surface area contributed by atoms with Gasteiger partial charge in [-0.05, 0) is 42.2 Å². The number of aliphatic imine (C=N–C) groups is 1. The third kappa shape index (κ3) is 1.68. The molecule has 0 bridgehead atoms. The van der Waals surface area contributed by atoms with Crippen LogP contribution in [0.25, 0.3) is 0 Å². The first-order chi connectivity index (χ1) is 10.2. The fourth-order valence-electron chi connectivity index (χ4n) is 3.63. The van der Waals surface area contributed by atoms with E-state index in [4.69, 9.17) is 5.73 Å². The topological polar surface area (TPSA) is 41.6 Å². The van der Waals surface area contributed by atoms with Crippen molar-refractivity contribution in [3.63, 3.8) is 0 Å². The van der Waals surface area contributed by atoms with Crippen molar-refractivity contribution in [2.45, 2.75) is 18.4 Å². The Labute approximate surface area is 122 Å². The lowest BCUT2D eigenvalue weighted by atomic mass is 9.90. The minimum Gasteiger partial charge on any atom is -0.369 e. The van der Waals surface area contributed by atoms with Crippen LogP contribution in [0.2, 0.25) is 0 Å². The molecular formula is C17H16FN3. The number of nitrogens with zero attached hydrogens (tertiary/aromatic N) is 2. The summed E-state index contributed by atoms with van der Waals surface area (Å²) in [4.78, 5) is 6.46. The second-order valence-corrected chi connectivity index (χ2v) is 5.68. The first-order valence-corrected chi connectivity index (χ1v) is 7.15. The average Bonchev–Trinajstić information content (AvgIpc) is 3.02. The quantitative estimate of drug-likeness (QED) is 0.873. The fraction of sp³-hybridized carbons (Fsp3) is 0.235. The van der Waals surface area contributed by atoms with Crippen molar-refractivity contribution in [2.75, 3.05) is 11.4 Å². The Bertz CT molecular complexity index is 740. The predicted molar refractivity (Wildman–Crippen MR) is 81.8 cm³/mol. The van der Waals surface area contributed by atoms with Gasteiger partial charge < -0.3 is 10.6 Å². The molecule has 2 aliphatic rings. The lowest BCUT2D eigenvalue weighted by Crippen LogP contribution is -2.48. The lowest BCUT2D eigenvalue weighted by molar-refractivity contribution is 0.475. The Hall–Kier alpha value is -2.36. The number of hydrogen-bond acceptors (Lipinski definition) is 3. The zero-order valence-corrected chi connectivity index (χ0v) is 11.6. The van der Waals surface area contributed by atoms with Crippen molar-refractivity contribution < 1.29 is 4.39 Å². The van der Waals surface area contributed by atoms with Crippen LogP contribution in [0, 0.1) is 5.82 Å². The van der Waals surface area contributed by atoms with Crippen LogP contribution in [0.3, 0.4) is 0 Å². The molecule has 0 saturated carbocycles. The summed E-state index contributed by atoms with van der Waals surface area (Å²) in [6.45, 7) is 0.631. The van der Waals surface area contributed by atoms with Gasteiger partial charge in [-0.2, -0.15) is 0 Å². The minimum atomic E-state index is -0.256. The van der Waals surface area contributed by atoms with Crippen molar-refractivity contribution in [1.29, 1.82) is 0 Å². The Morgan fingerprint density at radius 1 is 1.14 bits per heavy atom. The van der Waals surface area contributed by atoms with Gasteiger partial charge in [-0.15, -0.1) is 0 Å². The van der Waals surface area contributed by atoms with Crippen LogP contribution in [0.4, 0.5) is 10.1 Å². The Kier molecular flexibility index (Phi) is 2.55. The molecule has 4 rings (SSSR count). The van der Waals surface area contributed by atoms with Gasteiger partial charge in [-0.3, -0.25) is 4.99 Å². The molecule has 2 N–H and O–H groups in total. The third-order valence-corrected chi connectivity index (χ3v) is 4.55. The van der Waals surface area contributed by atoms with E-state index in [0.29, 0.717) is 12.5 Å². The van der Waals surface area contributed by atoms with E-state index >= 15 is 0 Å². The van der Waals surface area contributed by atoms with Gasteiger partial charge in [0.15, 0.2) is 5.96 Å². The van der Waals surface area contributed by atoms with Crippen molar-refractivity contribution in [1.82, 2.24) is 0 Å². The van der Waals surface area contributed by atoms with Crippen LogP contribution >= 0.6 is 0 Å². The molecular weight excluding hydrogens is 265 g/mol. The highest BCUT2D eigenvalue weighted by molar-refractivity contribution is 5.98. The zero-order chi connectivity index (χ0) is 14.4. The Morgan fingerprint density at radius 2 is 2.00 bits per heavy atom. The number of anilines is 1. The molecule has 0 fully saturated rings. The largest absolute Gasteiger partial charge is 0.369 e. The van der Waals surface area contributed by atoms with Crippen molar-refractivity contribution in [2.24, 2.45) is 10.7 Å². The smallest absolute Gasteiger partial charge is 0.196 e. The Morgan fingerprint density at radius 3 is 2.86 bits per heavy atom. The monoisotopic (exact) mass is 281 g/mol. The lowest BCUT2D eigenvalue weighted by Gasteiger charge is -2.37. The number of benzene rings is 2. The molecule has 106 valence electrons. The average molecular weight is 281 g/mol. The zero-order valence-electron chi connectivity index (χ0n) is 11.6. The molecule has 2 aromatic rings. The normalized spacial score (nSPS) is 23.5. The van der Waals surface area contributed by atoms with E-state index in [-0.39, 0.29) is 11.4 Å². The SMILES string of the molecule is NC1=NCC2(CCc3ccccc32)N1c1cccc(F)c1. The van der Waals surface area contributed by atoms with Crippen molar-refractivity contribution in [3.8, 4) is 0 Å². The second-order valence-electron chi connectivity index (χ2n) is 5.68. The van der Waals surface area contributed by atoms with Gasteiger partial charge in [0, 0.05) is 5.69 Å². The highest BCUT2D eigenvalue weighted by Crippen LogP contribution is 2.46. The molecule has 0 saturated heterocycles. The number of hydrogen-bond donors (Lipinski definition) is 1. The Balaban J connectivity index is 1.87. The summed E-state index contributed by atoms with van der Waals surface area (Å²) in [6.07, 6.45) is 1.96. The van der Waals surface area contributed by atoms with Crippen molar-refractivity contribution in [3.05, 3.63) is 65.5 Å². The van der Waals surface area contributed by atoms with E-state index < -0.39 is 0 Å². The molecule has 0 radical (unpaired) electrons. The van der Waals surface area contributed by atoms with Gasteiger partial charge in [0.25, 0.3) is 0 Å². The maximum absolute atomic E-state index is 13.6. The number of guanidine groups is 1. The van der Waals surface area contributed by atoms with Crippen molar-refractivity contribution >= 4 is 11.6 Å². The summed E-state index contributed by atoms with van der Waals surface area (Å²) in [5.41, 5.74) is 9.24. The van der Waals surface area contributed by atoms with Crippen LogP contribution < -0.4 is 10.6 Å². The number of aryl methyl sites for hydroxylation is 1. The number of fused-ring (bicyclic) bond motifs is 2. The molecule has 2 aromatic carbocycles. The van der Waals surface area contributed by atoms with E-state index in [0.717, 1.165) is 18.5 Å². The van der Waals surface area contributed by atoms with E-state index in [1.165, 1.54) is 23.3 Å². The van der Waals surface area contributed by atoms with E-state index in [1.54, 1.807) is 6.07 Å². The summed E-state index contributed by atoms with van der Waals surface area (Å²) in [6, 6.07) is 15.0. The van der Waals surface area contributed by atoms with Gasteiger partial charge in [0.1, 0.15) is 5.82 Å². The first kappa shape index (κ1) is 12.4. The fourth-order valence-corrected chi connectivity index (χ4v) is 3.63. The molecule has 1 atom stereocenters. The van der Waals surface area contributed by atoms with Crippen LogP contribution in [0.15, 0.2) is 53.5 Å². The van der Waals surface area contributed by atoms with Crippen LogP contribution in [-0.4, -0.2) is 12.5 Å². The maximum Gasteiger partial charge on any atom is 0.196 e. The van der Waals surface area contributed by atoms with Crippen LogP contribution in [-0.2, 0) is 12.0 Å².